The van der Waals surface area contributed by atoms with Gasteiger partial charge < -0.3 is 5.73 Å². The summed E-state index contributed by atoms with van der Waals surface area (Å²) in [7, 11) is 0. The summed E-state index contributed by atoms with van der Waals surface area (Å²) >= 11 is 7.38. The number of hydrogen-bond acceptors (Lipinski definition) is 2. The lowest BCUT2D eigenvalue weighted by Gasteiger charge is -2.11. The first kappa shape index (κ1) is 11.6. The molecular weight excluding hydrogens is 245 g/mol. The third-order valence-corrected chi connectivity index (χ3v) is 3.56. The Labute approximate surface area is 103 Å². The standard InChI is InChI=1S/C12H11ClFNS/c13-10-6-8(3-4-11(10)14)12(15)7-9-2-1-5-16-9/h1-6,12H,7,15H2. The Kier molecular flexibility index (Phi) is 3.59. The summed E-state index contributed by atoms with van der Waals surface area (Å²) in [5.74, 6) is -0.409. The molecule has 0 saturated heterocycles. The van der Waals surface area contributed by atoms with Crippen molar-refractivity contribution in [3.63, 3.8) is 0 Å². The molecule has 1 aromatic heterocycles. The molecule has 2 rings (SSSR count). The highest BCUT2D eigenvalue weighted by Crippen LogP contribution is 2.23. The maximum atomic E-state index is 13.0. The zero-order valence-corrected chi connectivity index (χ0v) is 10.1. The van der Waals surface area contributed by atoms with Gasteiger partial charge in [-0.1, -0.05) is 23.7 Å². The summed E-state index contributed by atoms with van der Waals surface area (Å²) in [6.07, 6.45) is 0.750. The number of benzene rings is 1. The fourth-order valence-electron chi connectivity index (χ4n) is 1.51. The van der Waals surface area contributed by atoms with E-state index in [9.17, 15) is 4.39 Å². The monoisotopic (exact) mass is 255 g/mol. The fourth-order valence-corrected chi connectivity index (χ4v) is 2.46. The van der Waals surface area contributed by atoms with Crippen molar-refractivity contribution in [1.82, 2.24) is 0 Å². The zero-order valence-electron chi connectivity index (χ0n) is 8.49. The molecule has 2 N–H and O–H groups in total. The first-order valence-electron chi connectivity index (χ1n) is 4.89. The van der Waals surface area contributed by atoms with Gasteiger partial charge in [0.05, 0.1) is 5.02 Å². The first-order valence-corrected chi connectivity index (χ1v) is 6.15. The second-order valence-corrected chi connectivity index (χ2v) is 5.00. The highest BCUT2D eigenvalue weighted by atomic mass is 35.5. The molecule has 0 amide bonds. The van der Waals surface area contributed by atoms with Crippen molar-refractivity contribution in [2.45, 2.75) is 12.5 Å². The van der Waals surface area contributed by atoms with Crippen LogP contribution in [0.3, 0.4) is 0 Å². The molecule has 84 valence electrons. The van der Waals surface area contributed by atoms with E-state index < -0.39 is 5.82 Å². The van der Waals surface area contributed by atoms with Gasteiger partial charge in [0.1, 0.15) is 5.82 Å². The van der Waals surface area contributed by atoms with Crippen LogP contribution in [0.4, 0.5) is 4.39 Å². The van der Waals surface area contributed by atoms with Gasteiger partial charge in [-0.05, 0) is 29.1 Å². The average Bonchev–Trinajstić information content (AvgIpc) is 2.74. The van der Waals surface area contributed by atoms with Gasteiger partial charge in [0.15, 0.2) is 0 Å². The number of rotatable bonds is 3. The van der Waals surface area contributed by atoms with E-state index in [0.29, 0.717) is 0 Å². The van der Waals surface area contributed by atoms with E-state index in [1.54, 1.807) is 23.5 Å². The van der Waals surface area contributed by atoms with Crippen molar-refractivity contribution < 1.29 is 4.39 Å². The van der Waals surface area contributed by atoms with Crippen molar-refractivity contribution in [3.8, 4) is 0 Å². The molecule has 1 heterocycles. The van der Waals surface area contributed by atoms with Crippen LogP contribution in [0.1, 0.15) is 16.5 Å². The molecular formula is C12H11ClFNS. The largest absolute Gasteiger partial charge is 0.324 e. The zero-order chi connectivity index (χ0) is 11.5. The SMILES string of the molecule is NC(Cc1cccs1)c1ccc(F)c(Cl)c1. The molecule has 0 aliphatic heterocycles. The van der Waals surface area contributed by atoms with E-state index in [1.165, 1.54) is 10.9 Å². The van der Waals surface area contributed by atoms with Crippen LogP contribution in [0.15, 0.2) is 35.7 Å². The Morgan fingerprint density at radius 1 is 1.38 bits per heavy atom. The summed E-state index contributed by atoms with van der Waals surface area (Å²) in [5, 5.41) is 2.14. The molecule has 0 spiro atoms. The maximum Gasteiger partial charge on any atom is 0.141 e. The molecule has 2 aromatic rings. The van der Waals surface area contributed by atoms with Gasteiger partial charge >= 0.3 is 0 Å². The maximum absolute atomic E-state index is 13.0. The molecule has 1 nitrogen and oxygen atoms in total. The van der Waals surface area contributed by atoms with Crippen LogP contribution in [-0.2, 0) is 6.42 Å². The van der Waals surface area contributed by atoms with Crippen LogP contribution in [0.5, 0.6) is 0 Å². The van der Waals surface area contributed by atoms with Crippen molar-refractivity contribution in [1.29, 1.82) is 0 Å². The van der Waals surface area contributed by atoms with E-state index in [2.05, 4.69) is 0 Å². The van der Waals surface area contributed by atoms with Gasteiger partial charge in [-0.15, -0.1) is 11.3 Å². The van der Waals surface area contributed by atoms with Gasteiger partial charge in [-0.3, -0.25) is 0 Å². The molecule has 0 saturated carbocycles. The van der Waals surface area contributed by atoms with Crippen molar-refractivity contribution in [2.24, 2.45) is 5.73 Å². The molecule has 0 fully saturated rings. The molecule has 0 aliphatic carbocycles. The Morgan fingerprint density at radius 2 is 2.19 bits per heavy atom. The third-order valence-electron chi connectivity index (χ3n) is 2.37. The predicted molar refractivity (Wildman–Crippen MR) is 66.4 cm³/mol. The average molecular weight is 256 g/mol. The van der Waals surface area contributed by atoms with Crippen molar-refractivity contribution in [2.75, 3.05) is 0 Å². The van der Waals surface area contributed by atoms with Gasteiger partial charge in [0.25, 0.3) is 0 Å². The number of hydrogen-bond donors (Lipinski definition) is 1. The molecule has 0 aliphatic rings. The van der Waals surface area contributed by atoms with Crippen LogP contribution in [-0.4, -0.2) is 0 Å². The summed E-state index contributed by atoms with van der Waals surface area (Å²) in [4.78, 5) is 1.22. The topological polar surface area (TPSA) is 26.0 Å². The first-order chi connectivity index (χ1) is 7.66. The second-order valence-electron chi connectivity index (χ2n) is 3.56. The number of halogens is 2. The van der Waals surface area contributed by atoms with Gasteiger partial charge in [-0.25, -0.2) is 4.39 Å². The van der Waals surface area contributed by atoms with Gasteiger partial charge in [-0.2, -0.15) is 0 Å². The minimum Gasteiger partial charge on any atom is -0.324 e. The molecule has 1 unspecified atom stereocenters. The third kappa shape index (κ3) is 2.61. The Morgan fingerprint density at radius 3 is 2.81 bits per heavy atom. The van der Waals surface area contributed by atoms with Crippen LogP contribution < -0.4 is 5.73 Å². The molecule has 4 heteroatoms. The minimum absolute atomic E-state index is 0.124. The quantitative estimate of drug-likeness (QED) is 0.887. The molecule has 0 bridgehead atoms. The lowest BCUT2D eigenvalue weighted by atomic mass is 10.0. The summed E-state index contributed by atoms with van der Waals surface area (Å²) < 4.78 is 13.0. The van der Waals surface area contributed by atoms with Crippen molar-refractivity contribution >= 4 is 22.9 Å². The number of thiophene rings is 1. The Bertz CT molecular complexity index is 470. The molecule has 16 heavy (non-hydrogen) atoms. The van der Waals surface area contributed by atoms with E-state index in [1.807, 2.05) is 17.5 Å². The highest BCUT2D eigenvalue weighted by Gasteiger charge is 2.10. The highest BCUT2D eigenvalue weighted by molar-refractivity contribution is 7.09. The van der Waals surface area contributed by atoms with Gasteiger partial charge in [0, 0.05) is 17.3 Å². The lowest BCUT2D eigenvalue weighted by molar-refractivity contribution is 0.625. The second kappa shape index (κ2) is 4.95. The van der Waals surface area contributed by atoms with Crippen LogP contribution in [0.25, 0.3) is 0 Å². The summed E-state index contributed by atoms with van der Waals surface area (Å²) in [6, 6.07) is 8.51. The molecule has 0 radical (unpaired) electrons. The fraction of sp³-hybridized carbons (Fsp3) is 0.167. The Balaban J connectivity index is 2.14. The van der Waals surface area contributed by atoms with Crippen LogP contribution >= 0.6 is 22.9 Å². The summed E-state index contributed by atoms with van der Waals surface area (Å²) in [6.45, 7) is 0. The lowest BCUT2D eigenvalue weighted by Crippen LogP contribution is -2.12. The van der Waals surface area contributed by atoms with E-state index in [-0.39, 0.29) is 11.1 Å². The minimum atomic E-state index is -0.409. The van der Waals surface area contributed by atoms with Crippen LogP contribution in [0.2, 0.25) is 5.02 Å². The molecule has 1 atom stereocenters. The molecule has 1 aromatic carbocycles. The van der Waals surface area contributed by atoms with E-state index >= 15 is 0 Å². The van der Waals surface area contributed by atoms with Crippen molar-refractivity contribution in [3.05, 3.63) is 57.0 Å². The van der Waals surface area contributed by atoms with E-state index in [4.69, 9.17) is 17.3 Å². The predicted octanol–water partition coefficient (Wildman–Crippen LogP) is 3.78. The van der Waals surface area contributed by atoms with Crippen LogP contribution in [0, 0.1) is 5.82 Å². The van der Waals surface area contributed by atoms with Gasteiger partial charge in [0.2, 0.25) is 0 Å². The number of nitrogens with two attached hydrogens (primary N) is 1. The van der Waals surface area contributed by atoms with E-state index in [0.717, 1.165) is 12.0 Å². The normalized spacial score (nSPS) is 12.7. The summed E-state index contributed by atoms with van der Waals surface area (Å²) in [5.41, 5.74) is 6.89. The Hall–Kier alpha value is -0.900. The smallest absolute Gasteiger partial charge is 0.141 e.